The van der Waals surface area contributed by atoms with E-state index in [1.165, 1.54) is 56.9 Å². The minimum atomic E-state index is -0.265. The molecule has 4 unspecified atom stereocenters. The highest BCUT2D eigenvalue weighted by Crippen LogP contribution is 2.49. The lowest BCUT2D eigenvalue weighted by Gasteiger charge is -2.17. The van der Waals surface area contributed by atoms with E-state index in [1.54, 1.807) is 0 Å². The fourth-order valence-corrected chi connectivity index (χ4v) is 5.00. The Morgan fingerprint density at radius 2 is 1.48 bits per heavy atom. The van der Waals surface area contributed by atoms with Crippen molar-refractivity contribution in [2.45, 2.75) is 97.8 Å². The van der Waals surface area contributed by atoms with Crippen LogP contribution in [0, 0.1) is 23.7 Å². The van der Waals surface area contributed by atoms with Crippen LogP contribution in [0.2, 0.25) is 0 Å². The van der Waals surface area contributed by atoms with Gasteiger partial charge in [-0.25, -0.2) is 0 Å². The average Bonchev–Trinajstić information content (AvgIpc) is 3.17. The summed E-state index contributed by atoms with van der Waals surface area (Å²) in [4.78, 5) is 26.3. The normalized spacial score (nSPS) is 27.4. The van der Waals surface area contributed by atoms with Crippen LogP contribution < -0.4 is 0 Å². The third-order valence-electron chi connectivity index (χ3n) is 6.66. The molecule has 1 heterocycles. The zero-order valence-electron chi connectivity index (χ0n) is 18.9. The summed E-state index contributed by atoms with van der Waals surface area (Å²) in [5, 5.41) is 0. The van der Waals surface area contributed by atoms with Crippen molar-refractivity contribution in [1.29, 1.82) is 0 Å². The van der Waals surface area contributed by atoms with Crippen molar-refractivity contribution in [1.82, 2.24) is 4.81 Å². The molecule has 0 N–H and O–H groups in total. The minimum Gasteiger partial charge on any atom is -0.340 e. The first kappa shape index (κ1) is 24.0. The van der Waals surface area contributed by atoms with Gasteiger partial charge in [0.15, 0.2) is 0 Å². The van der Waals surface area contributed by atoms with Crippen molar-refractivity contribution in [3.8, 4) is 0 Å². The van der Waals surface area contributed by atoms with Gasteiger partial charge in [-0.15, -0.1) is 0 Å². The van der Waals surface area contributed by atoms with Crippen molar-refractivity contribution in [2.24, 2.45) is 23.7 Å². The van der Waals surface area contributed by atoms with E-state index in [2.05, 4.69) is 39.0 Å². The van der Waals surface area contributed by atoms with E-state index < -0.39 is 0 Å². The summed E-state index contributed by atoms with van der Waals surface area (Å²) in [5.41, 5.74) is 1.48. The van der Waals surface area contributed by atoms with Crippen LogP contribution in [0.15, 0.2) is 23.8 Å². The second-order valence-electron chi connectivity index (χ2n) is 8.97. The first-order valence-electron chi connectivity index (χ1n) is 12.0. The van der Waals surface area contributed by atoms with Crippen LogP contribution in [0.3, 0.4) is 0 Å². The topological polar surface area (TPSA) is 37.4 Å². The van der Waals surface area contributed by atoms with Gasteiger partial charge < -0.3 is 4.81 Å². The predicted octanol–water partition coefficient (Wildman–Crippen LogP) is 6.14. The van der Waals surface area contributed by atoms with Gasteiger partial charge in [-0.2, -0.15) is 0 Å². The highest BCUT2D eigenvalue weighted by Gasteiger charge is 2.55. The lowest BCUT2D eigenvalue weighted by Crippen LogP contribution is -2.30. The van der Waals surface area contributed by atoms with Gasteiger partial charge in [-0.3, -0.25) is 9.59 Å². The summed E-state index contributed by atoms with van der Waals surface area (Å²) in [6, 6.07) is 0. The van der Waals surface area contributed by atoms with Gasteiger partial charge in [0.1, 0.15) is 0 Å². The van der Waals surface area contributed by atoms with Crippen LogP contribution in [0.1, 0.15) is 97.8 Å². The molecular formula is C25H40BNO2. The molecule has 4 atom stereocenters. The van der Waals surface area contributed by atoms with E-state index in [0.29, 0.717) is 0 Å². The van der Waals surface area contributed by atoms with Crippen LogP contribution in [-0.4, -0.2) is 24.6 Å². The SMILES string of the molecule is [B]N1C(=O)C2C(/C=C\CCCCC)CC(/C=C(/CCCC)CCCCC)C2C1=O. The second-order valence-corrected chi connectivity index (χ2v) is 8.97. The van der Waals surface area contributed by atoms with Gasteiger partial charge in [-0.05, 0) is 56.8 Å². The lowest BCUT2D eigenvalue weighted by atomic mass is 9.87. The summed E-state index contributed by atoms with van der Waals surface area (Å²) >= 11 is 0. The molecule has 4 heteroatoms. The van der Waals surface area contributed by atoms with E-state index in [0.717, 1.165) is 30.5 Å². The summed E-state index contributed by atoms with van der Waals surface area (Å²) < 4.78 is 0. The Morgan fingerprint density at radius 1 is 0.897 bits per heavy atom. The molecule has 29 heavy (non-hydrogen) atoms. The highest BCUT2D eigenvalue weighted by molar-refractivity contribution is 6.28. The molecule has 2 rings (SSSR count). The average molecular weight is 397 g/mol. The Bertz CT molecular complexity index is 598. The molecule has 1 aliphatic heterocycles. The van der Waals surface area contributed by atoms with Gasteiger partial charge in [-0.1, -0.05) is 76.7 Å². The Kier molecular flexibility index (Phi) is 10.2. The zero-order valence-corrected chi connectivity index (χ0v) is 18.9. The molecule has 1 saturated carbocycles. The van der Waals surface area contributed by atoms with Gasteiger partial charge >= 0.3 is 0 Å². The first-order valence-corrected chi connectivity index (χ1v) is 12.0. The third kappa shape index (κ3) is 6.33. The summed E-state index contributed by atoms with van der Waals surface area (Å²) in [6.45, 7) is 6.66. The maximum absolute atomic E-state index is 12.8. The van der Waals surface area contributed by atoms with E-state index in [1.807, 2.05) is 0 Å². The molecule has 0 aromatic carbocycles. The first-order chi connectivity index (χ1) is 14.0. The van der Waals surface area contributed by atoms with Gasteiger partial charge in [0.2, 0.25) is 19.8 Å². The molecule has 2 amide bonds. The number of rotatable bonds is 13. The molecule has 2 radical (unpaired) electrons. The smallest absolute Gasteiger partial charge is 0.242 e. The van der Waals surface area contributed by atoms with Gasteiger partial charge in [0, 0.05) is 0 Å². The molecule has 0 aromatic heterocycles. The number of hydrogen-bond donors (Lipinski definition) is 0. The lowest BCUT2D eigenvalue weighted by molar-refractivity contribution is -0.134. The molecule has 0 bridgehead atoms. The maximum Gasteiger partial charge on any atom is 0.242 e. The molecule has 160 valence electrons. The number of nitrogens with zero attached hydrogens (tertiary/aromatic N) is 1. The highest BCUT2D eigenvalue weighted by atomic mass is 16.2. The van der Waals surface area contributed by atoms with E-state index >= 15 is 0 Å². The molecule has 1 saturated heterocycles. The fourth-order valence-electron chi connectivity index (χ4n) is 5.00. The Balaban J connectivity index is 2.16. The van der Waals surface area contributed by atoms with Crippen LogP contribution in [0.5, 0.6) is 0 Å². The van der Waals surface area contributed by atoms with Crippen LogP contribution in [0.4, 0.5) is 0 Å². The fraction of sp³-hybridized carbons (Fsp3) is 0.760. The Labute approximate surface area is 179 Å². The van der Waals surface area contributed by atoms with Crippen molar-refractivity contribution in [3.63, 3.8) is 0 Å². The summed E-state index contributed by atoms with van der Waals surface area (Å²) in [7, 11) is 5.83. The quantitative estimate of drug-likeness (QED) is 0.162. The maximum atomic E-state index is 12.8. The Hall–Kier alpha value is -1.32. The second kappa shape index (κ2) is 12.4. The molecular weight excluding hydrogens is 357 g/mol. The monoisotopic (exact) mass is 397 g/mol. The zero-order chi connectivity index (χ0) is 21.2. The molecule has 0 spiro atoms. The molecule has 0 aromatic rings. The largest absolute Gasteiger partial charge is 0.340 e. The van der Waals surface area contributed by atoms with E-state index in [4.69, 9.17) is 7.98 Å². The number of unbranched alkanes of at least 4 members (excludes halogenated alkanes) is 6. The van der Waals surface area contributed by atoms with Crippen molar-refractivity contribution in [3.05, 3.63) is 23.8 Å². The van der Waals surface area contributed by atoms with Crippen LogP contribution >= 0.6 is 0 Å². The number of amides is 2. The Morgan fingerprint density at radius 3 is 2.14 bits per heavy atom. The standard InChI is InChI=1S/C25H40BNO2/c1-4-7-10-11-13-16-20-18-21(23-22(20)24(28)27(26)25(23)29)17-19(14-9-6-3)15-12-8-5-2/h13,16-17,20-23H,4-12,14-15,18H2,1-3H3/b16-13-,19-17-. The number of hydrogen-bond acceptors (Lipinski definition) is 2. The summed E-state index contributed by atoms with van der Waals surface area (Å²) in [6.07, 6.45) is 20.6. The molecule has 3 nitrogen and oxygen atoms in total. The number of carbonyl (C=O) groups is 2. The number of allylic oxidation sites excluding steroid dienone is 4. The minimum absolute atomic E-state index is 0.135. The number of fused-ring (bicyclic) bond motifs is 1. The van der Waals surface area contributed by atoms with Gasteiger partial charge in [0.05, 0.1) is 11.8 Å². The van der Waals surface area contributed by atoms with Crippen molar-refractivity contribution < 1.29 is 9.59 Å². The third-order valence-corrected chi connectivity index (χ3v) is 6.66. The van der Waals surface area contributed by atoms with E-state index in [-0.39, 0.29) is 35.5 Å². The predicted molar refractivity (Wildman–Crippen MR) is 121 cm³/mol. The van der Waals surface area contributed by atoms with Crippen molar-refractivity contribution >= 4 is 19.8 Å². The number of carbonyl (C=O) groups excluding carboxylic acids is 2. The molecule has 2 fully saturated rings. The summed E-state index contributed by atoms with van der Waals surface area (Å²) in [5.74, 6) is -0.605. The van der Waals surface area contributed by atoms with Crippen LogP contribution in [0.25, 0.3) is 0 Å². The van der Waals surface area contributed by atoms with E-state index in [9.17, 15) is 9.59 Å². The molecule has 2 aliphatic rings. The van der Waals surface area contributed by atoms with Crippen LogP contribution in [-0.2, 0) is 9.59 Å². The number of imide groups is 1. The molecule has 1 aliphatic carbocycles. The van der Waals surface area contributed by atoms with Gasteiger partial charge in [0.25, 0.3) is 0 Å². The van der Waals surface area contributed by atoms with Crippen molar-refractivity contribution in [2.75, 3.05) is 0 Å².